The van der Waals surface area contributed by atoms with Crippen LogP contribution in [-0.4, -0.2) is 36.7 Å². The molecule has 0 fully saturated rings. The van der Waals surface area contributed by atoms with Gasteiger partial charge in [-0.3, -0.25) is 9.11 Å². The molecular formula is C2H3F3O6S2. The first kappa shape index (κ1) is 12.6. The summed E-state index contributed by atoms with van der Waals surface area (Å²) < 4.78 is 90.6. The van der Waals surface area contributed by atoms with Gasteiger partial charge in [0.15, 0.2) is 0 Å². The van der Waals surface area contributed by atoms with Gasteiger partial charge in [-0.15, -0.1) is 0 Å². The van der Waals surface area contributed by atoms with Crippen LogP contribution < -0.4 is 0 Å². The Bertz CT molecular complexity index is 380. The van der Waals surface area contributed by atoms with Crippen LogP contribution in [0.3, 0.4) is 0 Å². The van der Waals surface area contributed by atoms with Crippen LogP contribution in [0.1, 0.15) is 0 Å². The molecule has 0 amide bonds. The van der Waals surface area contributed by atoms with E-state index in [0.29, 0.717) is 0 Å². The maximum absolute atomic E-state index is 12.1. The van der Waals surface area contributed by atoms with Gasteiger partial charge in [0.2, 0.25) is 0 Å². The zero-order valence-corrected chi connectivity index (χ0v) is 7.19. The normalized spacial score (nSPS) is 17.0. The average molecular weight is 244 g/mol. The van der Waals surface area contributed by atoms with E-state index >= 15 is 0 Å². The molecule has 1 unspecified atom stereocenters. The lowest BCUT2D eigenvalue weighted by Crippen LogP contribution is -2.42. The van der Waals surface area contributed by atoms with Gasteiger partial charge in [0.25, 0.3) is 0 Å². The summed E-state index contributed by atoms with van der Waals surface area (Å²) in [7, 11) is -12.1. The smallest absolute Gasteiger partial charge is 0.283 e. The van der Waals surface area contributed by atoms with Crippen LogP contribution in [0.4, 0.5) is 13.2 Å². The van der Waals surface area contributed by atoms with Crippen molar-refractivity contribution in [1.29, 1.82) is 0 Å². The van der Waals surface area contributed by atoms with Crippen molar-refractivity contribution in [3.63, 3.8) is 0 Å². The number of hydrogen-bond donors (Lipinski definition) is 2. The molecule has 0 rings (SSSR count). The maximum Gasteiger partial charge on any atom is 0.416 e. The Balaban J connectivity index is 5.35. The fraction of sp³-hybridized carbons (Fsp3) is 1.00. The first-order valence-corrected chi connectivity index (χ1v) is 5.30. The SMILES string of the molecule is O=S(=O)(O)C(F)C(F)(F)S(=O)(=O)O. The molecule has 0 aromatic heterocycles. The molecule has 80 valence electrons. The monoisotopic (exact) mass is 244 g/mol. The molecule has 0 aromatic rings. The third-order valence-electron chi connectivity index (χ3n) is 0.870. The van der Waals surface area contributed by atoms with Crippen LogP contribution in [0.5, 0.6) is 0 Å². The third-order valence-corrected chi connectivity index (χ3v) is 2.73. The van der Waals surface area contributed by atoms with E-state index in [4.69, 9.17) is 9.11 Å². The van der Waals surface area contributed by atoms with Crippen molar-refractivity contribution in [2.24, 2.45) is 0 Å². The molecule has 0 spiro atoms. The summed E-state index contributed by atoms with van der Waals surface area (Å²) in [5.41, 5.74) is -4.42. The highest BCUT2D eigenvalue weighted by molar-refractivity contribution is 7.90. The Labute approximate surface area is 70.9 Å². The van der Waals surface area contributed by atoms with Crippen molar-refractivity contribution in [2.75, 3.05) is 0 Å². The Hall–Kier alpha value is -0.390. The summed E-state index contributed by atoms with van der Waals surface area (Å²) in [4.78, 5) is 0. The van der Waals surface area contributed by atoms with E-state index < -0.39 is 31.0 Å². The Morgan fingerprint density at radius 2 is 1.38 bits per heavy atom. The van der Waals surface area contributed by atoms with Gasteiger partial charge in [0, 0.05) is 0 Å². The summed E-state index contributed by atoms with van der Waals surface area (Å²) in [6.45, 7) is 0. The molecule has 6 nitrogen and oxygen atoms in total. The molecule has 2 N–H and O–H groups in total. The lowest BCUT2D eigenvalue weighted by molar-refractivity contribution is 0.0295. The van der Waals surface area contributed by atoms with Gasteiger partial charge >= 0.3 is 31.0 Å². The molecular weight excluding hydrogens is 241 g/mol. The minimum atomic E-state index is -6.23. The Morgan fingerprint density at radius 1 is 1.08 bits per heavy atom. The number of hydrogen-bond acceptors (Lipinski definition) is 4. The Kier molecular flexibility index (Phi) is 2.98. The second-order valence-electron chi connectivity index (χ2n) is 1.87. The van der Waals surface area contributed by atoms with E-state index in [-0.39, 0.29) is 0 Å². The van der Waals surface area contributed by atoms with Crippen LogP contribution in [0.2, 0.25) is 0 Å². The average Bonchev–Trinajstić information content (AvgIpc) is 1.81. The molecule has 0 saturated heterocycles. The minimum Gasteiger partial charge on any atom is -0.283 e. The van der Waals surface area contributed by atoms with Crippen LogP contribution in [0, 0.1) is 0 Å². The summed E-state index contributed by atoms with van der Waals surface area (Å²) >= 11 is 0. The first-order chi connectivity index (χ1) is 5.40. The summed E-state index contributed by atoms with van der Waals surface area (Å²) in [6.07, 6.45) is 0. The maximum atomic E-state index is 12.1. The molecule has 0 aliphatic heterocycles. The summed E-state index contributed by atoms with van der Waals surface area (Å²) in [6, 6.07) is 0. The van der Waals surface area contributed by atoms with Gasteiger partial charge < -0.3 is 0 Å². The fourth-order valence-corrected chi connectivity index (χ4v) is 1.60. The van der Waals surface area contributed by atoms with E-state index in [9.17, 15) is 30.0 Å². The van der Waals surface area contributed by atoms with E-state index in [1.807, 2.05) is 0 Å². The van der Waals surface area contributed by atoms with Gasteiger partial charge in [0.1, 0.15) is 0 Å². The molecule has 0 bridgehead atoms. The van der Waals surface area contributed by atoms with Crippen LogP contribution >= 0.6 is 0 Å². The van der Waals surface area contributed by atoms with Crippen LogP contribution in [0.15, 0.2) is 0 Å². The van der Waals surface area contributed by atoms with Gasteiger partial charge in [-0.25, -0.2) is 4.39 Å². The molecule has 13 heavy (non-hydrogen) atoms. The fourth-order valence-electron chi connectivity index (χ4n) is 0.290. The van der Waals surface area contributed by atoms with Crippen molar-refractivity contribution >= 4 is 20.2 Å². The van der Waals surface area contributed by atoms with Gasteiger partial charge in [-0.2, -0.15) is 25.6 Å². The Morgan fingerprint density at radius 3 is 1.46 bits per heavy atom. The van der Waals surface area contributed by atoms with Crippen LogP contribution in [-0.2, 0) is 20.2 Å². The molecule has 0 saturated carbocycles. The zero-order chi connectivity index (χ0) is 11.1. The zero-order valence-electron chi connectivity index (χ0n) is 5.56. The first-order valence-electron chi connectivity index (χ1n) is 2.36. The number of alkyl halides is 3. The molecule has 0 aromatic carbocycles. The van der Waals surface area contributed by atoms with Crippen LogP contribution in [0.25, 0.3) is 0 Å². The highest BCUT2D eigenvalue weighted by Gasteiger charge is 2.58. The minimum absolute atomic E-state index is 4.42. The van der Waals surface area contributed by atoms with Gasteiger partial charge in [-0.1, -0.05) is 0 Å². The molecule has 0 aliphatic carbocycles. The topological polar surface area (TPSA) is 109 Å². The molecule has 1 atom stereocenters. The van der Waals surface area contributed by atoms with Gasteiger partial charge in [0.05, 0.1) is 0 Å². The molecule has 0 radical (unpaired) electrons. The quantitative estimate of drug-likeness (QED) is 0.657. The van der Waals surface area contributed by atoms with E-state index in [0.717, 1.165) is 0 Å². The predicted octanol–water partition coefficient (Wildman–Crippen LogP) is -0.350. The molecule has 0 heterocycles. The molecule has 11 heteroatoms. The van der Waals surface area contributed by atoms with Crippen molar-refractivity contribution in [3.8, 4) is 0 Å². The highest BCUT2D eigenvalue weighted by Crippen LogP contribution is 2.30. The van der Waals surface area contributed by atoms with E-state index in [1.165, 1.54) is 0 Å². The van der Waals surface area contributed by atoms with Gasteiger partial charge in [-0.05, 0) is 0 Å². The summed E-state index contributed by atoms with van der Waals surface area (Å²) in [5.74, 6) is 0. The standard InChI is InChI=1S/C2H3F3O6S2/c3-1(12(6,7)8)2(4,5)13(9,10)11/h1H,(H,6,7,8)(H,9,10,11). The lowest BCUT2D eigenvalue weighted by Gasteiger charge is -2.14. The largest absolute Gasteiger partial charge is 0.416 e. The van der Waals surface area contributed by atoms with E-state index in [1.54, 1.807) is 0 Å². The molecule has 0 aliphatic rings. The second-order valence-corrected chi connectivity index (χ2v) is 4.81. The highest BCUT2D eigenvalue weighted by atomic mass is 32.2. The third kappa shape index (κ3) is 2.52. The van der Waals surface area contributed by atoms with E-state index in [2.05, 4.69) is 0 Å². The van der Waals surface area contributed by atoms with Crippen molar-refractivity contribution in [2.45, 2.75) is 10.8 Å². The number of halogens is 3. The number of rotatable bonds is 3. The van der Waals surface area contributed by atoms with Crippen molar-refractivity contribution in [3.05, 3.63) is 0 Å². The second kappa shape index (κ2) is 3.08. The lowest BCUT2D eigenvalue weighted by atomic mass is 10.8. The van der Waals surface area contributed by atoms with Crippen molar-refractivity contribution in [1.82, 2.24) is 0 Å². The van der Waals surface area contributed by atoms with Crippen molar-refractivity contribution < 1.29 is 39.1 Å². The summed E-state index contributed by atoms with van der Waals surface area (Å²) in [5, 5.41) is -5.60. The predicted molar refractivity (Wildman–Crippen MR) is 32.9 cm³/mol.